The molecule has 0 aliphatic carbocycles. The van der Waals surface area contributed by atoms with Gasteiger partial charge in [-0.15, -0.1) is 4.86 Å². The zero-order chi connectivity index (χ0) is 15.6. The van der Waals surface area contributed by atoms with E-state index < -0.39 is 0 Å². The van der Waals surface area contributed by atoms with E-state index in [1.165, 1.54) is 0 Å². The Morgan fingerprint density at radius 2 is 1.35 bits per heavy atom. The van der Waals surface area contributed by atoms with Crippen molar-refractivity contribution in [3.8, 4) is 0 Å². The third-order valence-corrected chi connectivity index (χ3v) is 3.67. The molecule has 0 saturated heterocycles. The second-order valence-electron chi connectivity index (χ2n) is 5.08. The molecule has 2 heterocycles. The van der Waals surface area contributed by atoms with E-state index in [2.05, 4.69) is 15.1 Å². The average Bonchev–Trinajstić information content (AvgIpc) is 2.61. The van der Waals surface area contributed by atoms with Crippen LogP contribution in [0.15, 0.2) is 78.2 Å². The number of azo groups is 1. The molecule has 110 valence electrons. The van der Waals surface area contributed by atoms with E-state index in [0.29, 0.717) is 10.7 Å². The van der Waals surface area contributed by atoms with E-state index >= 15 is 0 Å². The number of pyridine rings is 2. The smallest absolute Gasteiger partial charge is 0.354 e. The number of benzene rings is 2. The van der Waals surface area contributed by atoms with Crippen LogP contribution >= 0.6 is 0 Å². The summed E-state index contributed by atoms with van der Waals surface area (Å²) >= 11 is 0. The Hall–Kier alpha value is -3.34. The molecular formula is C18H12N4O. The first-order valence-electron chi connectivity index (χ1n) is 7.19. The van der Waals surface area contributed by atoms with Crippen LogP contribution in [0.4, 0.5) is 11.6 Å². The largest absolute Gasteiger partial charge is 0.690 e. The van der Waals surface area contributed by atoms with Crippen molar-refractivity contribution in [3.63, 3.8) is 0 Å². The molecule has 5 nitrogen and oxygen atoms in total. The first kappa shape index (κ1) is 13.3. The maximum absolute atomic E-state index is 12.5. The molecule has 0 N–H and O–H groups in total. The molecule has 0 amide bonds. The Balaban J connectivity index is 1.90. The standard InChI is InChI=1S/C18H12N4O/c23-22(18-16-8-4-2-6-14(16)10-12-20-18)21-17-15-7-3-1-5-13(15)9-11-19-17/h1-12H. The van der Waals surface area contributed by atoms with Crippen molar-refractivity contribution in [1.82, 2.24) is 9.97 Å². The monoisotopic (exact) mass is 300 g/mol. The molecule has 2 aromatic heterocycles. The van der Waals surface area contributed by atoms with Gasteiger partial charge in [0.2, 0.25) is 5.82 Å². The molecule has 4 rings (SSSR count). The maximum Gasteiger partial charge on any atom is 0.354 e. The minimum absolute atomic E-state index is 0.262. The van der Waals surface area contributed by atoms with Gasteiger partial charge in [-0.3, -0.25) is 0 Å². The Morgan fingerprint density at radius 3 is 2.13 bits per heavy atom. The molecule has 0 spiro atoms. The van der Waals surface area contributed by atoms with Gasteiger partial charge in [0.1, 0.15) is 6.20 Å². The van der Waals surface area contributed by atoms with Crippen LogP contribution in [0.1, 0.15) is 0 Å². The van der Waals surface area contributed by atoms with Crippen molar-refractivity contribution in [1.29, 1.82) is 0 Å². The van der Waals surface area contributed by atoms with Crippen LogP contribution in [0.5, 0.6) is 0 Å². The maximum atomic E-state index is 12.5. The van der Waals surface area contributed by atoms with Crippen LogP contribution in [0.25, 0.3) is 21.5 Å². The molecule has 5 heteroatoms. The minimum atomic E-state index is 0.262. The van der Waals surface area contributed by atoms with E-state index in [0.717, 1.165) is 21.5 Å². The van der Waals surface area contributed by atoms with Crippen molar-refractivity contribution >= 4 is 33.2 Å². The number of rotatable bonds is 2. The summed E-state index contributed by atoms with van der Waals surface area (Å²) in [7, 11) is 0. The minimum Gasteiger partial charge on any atom is -0.690 e. The zero-order valence-corrected chi connectivity index (χ0v) is 12.1. The number of nitrogens with zero attached hydrogens (tertiary/aromatic N) is 4. The van der Waals surface area contributed by atoms with Crippen molar-refractivity contribution in [2.24, 2.45) is 5.11 Å². The molecule has 0 saturated carbocycles. The van der Waals surface area contributed by atoms with Crippen LogP contribution < -0.4 is 0 Å². The highest BCUT2D eigenvalue weighted by molar-refractivity contribution is 5.90. The van der Waals surface area contributed by atoms with Crippen LogP contribution in [0, 0.1) is 5.21 Å². The van der Waals surface area contributed by atoms with Gasteiger partial charge < -0.3 is 5.21 Å². The van der Waals surface area contributed by atoms with Crippen molar-refractivity contribution in [2.45, 2.75) is 0 Å². The fourth-order valence-corrected chi connectivity index (χ4v) is 2.57. The molecule has 0 fully saturated rings. The summed E-state index contributed by atoms with van der Waals surface area (Å²) in [5, 5.41) is 20.1. The second kappa shape index (κ2) is 5.46. The van der Waals surface area contributed by atoms with Crippen LogP contribution in [0.3, 0.4) is 0 Å². The lowest BCUT2D eigenvalue weighted by molar-refractivity contribution is -0.438. The highest BCUT2D eigenvalue weighted by Gasteiger charge is 2.12. The highest BCUT2D eigenvalue weighted by atomic mass is 16.5. The number of hydrogen-bond donors (Lipinski definition) is 0. The van der Waals surface area contributed by atoms with Gasteiger partial charge in [-0.1, -0.05) is 47.6 Å². The fourth-order valence-electron chi connectivity index (χ4n) is 2.57. The molecule has 23 heavy (non-hydrogen) atoms. The third-order valence-electron chi connectivity index (χ3n) is 3.67. The summed E-state index contributed by atoms with van der Waals surface area (Å²) in [4.78, 5) is 8.93. The van der Waals surface area contributed by atoms with Gasteiger partial charge in [-0.05, 0) is 34.0 Å². The quantitative estimate of drug-likeness (QED) is 0.306. The van der Waals surface area contributed by atoms with Gasteiger partial charge in [0, 0.05) is 11.6 Å². The molecule has 0 unspecified atom stereocenters. The lowest BCUT2D eigenvalue weighted by Crippen LogP contribution is -1.95. The first-order chi connectivity index (χ1) is 11.3. The van der Waals surface area contributed by atoms with E-state index in [1.54, 1.807) is 12.4 Å². The summed E-state index contributed by atoms with van der Waals surface area (Å²) in [6, 6.07) is 19.0. The predicted molar refractivity (Wildman–Crippen MR) is 88.9 cm³/mol. The van der Waals surface area contributed by atoms with Gasteiger partial charge in [-0.25, -0.2) is 4.98 Å². The number of fused-ring (bicyclic) bond motifs is 2. The third kappa shape index (κ3) is 2.38. The summed E-state index contributed by atoms with van der Waals surface area (Å²) in [6.45, 7) is 0. The molecule has 0 aliphatic heterocycles. The van der Waals surface area contributed by atoms with Crippen LogP contribution in [-0.4, -0.2) is 14.8 Å². The number of aromatic nitrogens is 2. The van der Waals surface area contributed by atoms with E-state index in [1.807, 2.05) is 60.7 Å². The predicted octanol–water partition coefficient (Wildman–Crippen LogP) is 4.71. The fraction of sp³-hybridized carbons (Fsp3) is 0. The second-order valence-corrected chi connectivity index (χ2v) is 5.08. The average molecular weight is 300 g/mol. The van der Waals surface area contributed by atoms with Gasteiger partial charge >= 0.3 is 5.82 Å². The van der Waals surface area contributed by atoms with Crippen molar-refractivity contribution in [3.05, 3.63) is 78.3 Å². The Bertz CT molecular complexity index is 1030. The lowest BCUT2D eigenvalue weighted by atomic mass is 10.1. The molecule has 4 aromatic rings. The Kier molecular flexibility index (Phi) is 3.16. The summed E-state index contributed by atoms with van der Waals surface area (Å²) in [5.41, 5.74) is 0. The highest BCUT2D eigenvalue weighted by Crippen LogP contribution is 2.27. The zero-order valence-electron chi connectivity index (χ0n) is 12.1. The topological polar surface area (TPSA) is 64.2 Å². The summed E-state index contributed by atoms with van der Waals surface area (Å²) in [6.07, 6.45) is 3.25. The van der Waals surface area contributed by atoms with Crippen molar-refractivity contribution in [2.75, 3.05) is 0 Å². The SMILES string of the molecule is [O-][N+](=Nc1nccc2ccccc12)c1nccc2ccccc12. The van der Waals surface area contributed by atoms with Gasteiger partial charge in [0.25, 0.3) is 0 Å². The summed E-state index contributed by atoms with van der Waals surface area (Å²) in [5.74, 6) is 0.644. The van der Waals surface area contributed by atoms with E-state index in [4.69, 9.17) is 0 Å². The van der Waals surface area contributed by atoms with Crippen LogP contribution in [-0.2, 0) is 0 Å². The lowest BCUT2D eigenvalue weighted by Gasteiger charge is -2.06. The molecule has 0 bridgehead atoms. The molecule has 0 radical (unpaired) electrons. The molecule has 0 atom stereocenters. The van der Waals surface area contributed by atoms with Gasteiger partial charge in [-0.2, -0.15) is 0 Å². The number of hydrogen-bond acceptors (Lipinski definition) is 4. The molecule has 0 aliphatic rings. The van der Waals surface area contributed by atoms with E-state index in [-0.39, 0.29) is 5.82 Å². The van der Waals surface area contributed by atoms with Crippen molar-refractivity contribution < 1.29 is 4.86 Å². The van der Waals surface area contributed by atoms with E-state index in [9.17, 15) is 5.21 Å². The van der Waals surface area contributed by atoms with Crippen LogP contribution in [0.2, 0.25) is 0 Å². The van der Waals surface area contributed by atoms with Gasteiger partial charge in [0.15, 0.2) is 0 Å². The summed E-state index contributed by atoms with van der Waals surface area (Å²) < 4.78 is 0. The molecule has 2 aromatic carbocycles. The normalized spacial score (nSPS) is 11.9. The first-order valence-corrected chi connectivity index (χ1v) is 7.19. The molecular weight excluding hydrogens is 288 g/mol. The Morgan fingerprint density at radius 1 is 0.739 bits per heavy atom. The Labute approximate surface area is 132 Å². The van der Waals surface area contributed by atoms with Gasteiger partial charge in [0.05, 0.1) is 5.39 Å².